The molecule has 26 heavy (non-hydrogen) atoms. The molecular weight excluding hydrogens is 401 g/mol. The van der Waals surface area contributed by atoms with E-state index in [0.29, 0.717) is 17.1 Å². The summed E-state index contributed by atoms with van der Waals surface area (Å²) in [6.07, 6.45) is 0.370. The Balaban J connectivity index is 1.99. The van der Waals surface area contributed by atoms with Crippen molar-refractivity contribution in [2.75, 3.05) is 16.8 Å². The Hall–Kier alpha value is -1.51. The average Bonchev–Trinajstić information content (AvgIpc) is 2.86. The Kier molecular flexibility index (Phi) is 6.76. The number of halogens is 2. The number of amides is 3. The Bertz CT molecular complexity index is 799. The van der Waals surface area contributed by atoms with Gasteiger partial charge >= 0.3 is 6.03 Å². The fourth-order valence-corrected chi connectivity index (χ4v) is 4.74. The number of anilines is 1. The minimum atomic E-state index is -3.10. The van der Waals surface area contributed by atoms with Gasteiger partial charge in [0.15, 0.2) is 9.84 Å². The lowest BCUT2D eigenvalue weighted by Gasteiger charge is -2.23. The summed E-state index contributed by atoms with van der Waals surface area (Å²) in [6.45, 7) is 3.57. The van der Waals surface area contributed by atoms with Crippen LogP contribution in [0.2, 0.25) is 10.0 Å². The van der Waals surface area contributed by atoms with Crippen LogP contribution in [0.3, 0.4) is 0 Å². The van der Waals surface area contributed by atoms with Gasteiger partial charge in [0.2, 0.25) is 5.91 Å². The number of rotatable bonds is 5. The van der Waals surface area contributed by atoms with Gasteiger partial charge in [0.25, 0.3) is 0 Å². The molecule has 7 nitrogen and oxygen atoms in total. The fraction of sp³-hybridized carbons (Fsp3) is 0.500. The number of nitrogens with one attached hydrogen (secondary N) is 3. The minimum Gasteiger partial charge on any atom is -0.334 e. The topological polar surface area (TPSA) is 104 Å². The van der Waals surface area contributed by atoms with Crippen LogP contribution in [0.1, 0.15) is 20.3 Å². The van der Waals surface area contributed by atoms with Gasteiger partial charge < -0.3 is 16.0 Å². The van der Waals surface area contributed by atoms with Gasteiger partial charge in [-0.2, -0.15) is 0 Å². The molecule has 1 aromatic rings. The van der Waals surface area contributed by atoms with Crippen LogP contribution in [0.4, 0.5) is 10.5 Å². The Labute approximate surface area is 162 Å². The second kappa shape index (κ2) is 8.45. The lowest BCUT2D eigenvalue weighted by molar-refractivity contribution is -0.118. The lowest BCUT2D eigenvalue weighted by Crippen LogP contribution is -2.52. The van der Waals surface area contributed by atoms with Crippen molar-refractivity contribution in [1.29, 1.82) is 0 Å². The van der Waals surface area contributed by atoms with Crippen molar-refractivity contribution in [3.05, 3.63) is 28.2 Å². The quantitative estimate of drug-likeness (QED) is 0.678. The molecule has 0 saturated carbocycles. The Morgan fingerprint density at radius 2 is 1.92 bits per heavy atom. The van der Waals surface area contributed by atoms with Crippen molar-refractivity contribution in [2.24, 2.45) is 5.92 Å². The number of hydrogen-bond acceptors (Lipinski definition) is 4. The molecular formula is C16H21Cl2N3O4S. The van der Waals surface area contributed by atoms with E-state index in [1.54, 1.807) is 26.0 Å². The van der Waals surface area contributed by atoms with Crippen LogP contribution in [0.15, 0.2) is 18.2 Å². The van der Waals surface area contributed by atoms with Crippen LogP contribution in [-0.4, -0.2) is 43.9 Å². The van der Waals surface area contributed by atoms with Crippen molar-refractivity contribution < 1.29 is 18.0 Å². The van der Waals surface area contributed by atoms with Gasteiger partial charge in [-0.25, -0.2) is 13.2 Å². The van der Waals surface area contributed by atoms with Crippen molar-refractivity contribution in [3.8, 4) is 0 Å². The van der Waals surface area contributed by atoms with Gasteiger partial charge in [0, 0.05) is 11.1 Å². The molecule has 144 valence electrons. The lowest BCUT2D eigenvalue weighted by atomic mass is 10.0. The molecule has 3 amide bonds. The van der Waals surface area contributed by atoms with E-state index in [1.165, 1.54) is 6.07 Å². The van der Waals surface area contributed by atoms with Crippen molar-refractivity contribution in [1.82, 2.24) is 10.6 Å². The molecule has 0 spiro atoms. The molecule has 1 heterocycles. The van der Waals surface area contributed by atoms with Gasteiger partial charge in [-0.05, 0) is 30.5 Å². The summed E-state index contributed by atoms with van der Waals surface area (Å²) in [5.41, 5.74) is 0.385. The van der Waals surface area contributed by atoms with Crippen LogP contribution < -0.4 is 16.0 Å². The maximum absolute atomic E-state index is 12.5. The maximum atomic E-state index is 12.5. The monoisotopic (exact) mass is 421 g/mol. The van der Waals surface area contributed by atoms with E-state index in [1.807, 2.05) is 0 Å². The second-order valence-electron chi connectivity index (χ2n) is 6.55. The molecule has 0 aliphatic carbocycles. The van der Waals surface area contributed by atoms with Gasteiger partial charge in [-0.3, -0.25) is 4.79 Å². The average molecular weight is 422 g/mol. The van der Waals surface area contributed by atoms with Crippen LogP contribution >= 0.6 is 23.2 Å². The third kappa shape index (κ3) is 5.75. The largest absolute Gasteiger partial charge is 0.334 e. The molecule has 1 saturated heterocycles. The number of carbonyl (C=O) groups excluding carboxylic acids is 2. The van der Waals surface area contributed by atoms with Crippen LogP contribution in [-0.2, 0) is 14.6 Å². The van der Waals surface area contributed by atoms with Crippen molar-refractivity contribution in [3.63, 3.8) is 0 Å². The molecule has 0 aromatic heterocycles. The molecule has 10 heteroatoms. The van der Waals surface area contributed by atoms with E-state index in [0.717, 1.165) is 0 Å². The van der Waals surface area contributed by atoms with Crippen LogP contribution in [0.5, 0.6) is 0 Å². The molecule has 2 atom stereocenters. The van der Waals surface area contributed by atoms with Gasteiger partial charge in [-0.1, -0.05) is 37.0 Å². The predicted molar refractivity (Wildman–Crippen MR) is 102 cm³/mol. The molecule has 1 aromatic carbocycles. The number of hydrogen-bond donors (Lipinski definition) is 3. The van der Waals surface area contributed by atoms with E-state index >= 15 is 0 Å². The standard InChI is InChI=1S/C16H21Cl2N3O4S/c1-9(2)14(15(22)20-13-4-3-10(17)7-12(13)18)21-16(23)19-11-5-6-26(24,25)8-11/h3-4,7,9,11,14H,5-6,8H2,1-2H3,(H,20,22)(H2,19,21,23)/t11?,14-/m0/s1. The normalized spacial score (nSPS) is 19.8. The van der Waals surface area contributed by atoms with Crippen molar-refractivity contribution >= 4 is 50.7 Å². The number of benzene rings is 1. The third-order valence-electron chi connectivity index (χ3n) is 3.99. The zero-order valence-electron chi connectivity index (χ0n) is 14.4. The first-order valence-electron chi connectivity index (χ1n) is 8.11. The summed E-state index contributed by atoms with van der Waals surface area (Å²) in [7, 11) is -3.10. The first-order chi connectivity index (χ1) is 12.1. The maximum Gasteiger partial charge on any atom is 0.315 e. The zero-order chi connectivity index (χ0) is 19.5. The van der Waals surface area contributed by atoms with Crippen LogP contribution in [0, 0.1) is 5.92 Å². The number of urea groups is 1. The van der Waals surface area contributed by atoms with E-state index in [2.05, 4.69) is 16.0 Å². The highest BCUT2D eigenvalue weighted by atomic mass is 35.5. The summed E-state index contributed by atoms with van der Waals surface area (Å²) in [4.78, 5) is 24.7. The smallest absolute Gasteiger partial charge is 0.315 e. The van der Waals surface area contributed by atoms with E-state index in [-0.39, 0.29) is 22.4 Å². The molecule has 1 aliphatic heterocycles. The SMILES string of the molecule is CC(C)[C@H](NC(=O)NC1CCS(=O)(=O)C1)C(=O)Nc1ccc(Cl)cc1Cl. The van der Waals surface area contributed by atoms with Gasteiger partial charge in [0.1, 0.15) is 6.04 Å². The molecule has 0 bridgehead atoms. The number of sulfone groups is 1. The van der Waals surface area contributed by atoms with Crippen LogP contribution in [0.25, 0.3) is 0 Å². The first-order valence-corrected chi connectivity index (χ1v) is 10.7. The predicted octanol–water partition coefficient (Wildman–Crippen LogP) is 2.44. The molecule has 1 fully saturated rings. The summed E-state index contributed by atoms with van der Waals surface area (Å²) in [5.74, 6) is -0.655. The Morgan fingerprint density at radius 1 is 1.23 bits per heavy atom. The summed E-state index contributed by atoms with van der Waals surface area (Å²) in [5, 5.41) is 8.59. The highest BCUT2D eigenvalue weighted by Gasteiger charge is 2.31. The highest BCUT2D eigenvalue weighted by molar-refractivity contribution is 7.91. The first kappa shape index (κ1) is 20.8. The molecule has 2 rings (SSSR count). The van der Waals surface area contributed by atoms with Crippen molar-refractivity contribution in [2.45, 2.75) is 32.4 Å². The van der Waals surface area contributed by atoms with E-state index in [4.69, 9.17) is 23.2 Å². The molecule has 1 unspecified atom stereocenters. The van der Waals surface area contributed by atoms with Gasteiger partial charge in [0.05, 0.1) is 22.2 Å². The second-order valence-corrected chi connectivity index (χ2v) is 9.63. The molecule has 0 radical (unpaired) electrons. The summed E-state index contributed by atoms with van der Waals surface area (Å²) >= 11 is 11.9. The molecule has 1 aliphatic rings. The van der Waals surface area contributed by atoms with E-state index < -0.39 is 33.9 Å². The molecule has 3 N–H and O–H groups in total. The summed E-state index contributed by atoms with van der Waals surface area (Å²) < 4.78 is 22.9. The number of carbonyl (C=O) groups is 2. The highest BCUT2D eigenvalue weighted by Crippen LogP contribution is 2.25. The minimum absolute atomic E-state index is 0.0567. The Morgan fingerprint density at radius 3 is 2.46 bits per heavy atom. The summed E-state index contributed by atoms with van der Waals surface area (Å²) in [6, 6.07) is 2.82. The zero-order valence-corrected chi connectivity index (χ0v) is 16.7. The van der Waals surface area contributed by atoms with E-state index in [9.17, 15) is 18.0 Å². The third-order valence-corrected chi connectivity index (χ3v) is 6.31. The van der Waals surface area contributed by atoms with Gasteiger partial charge in [-0.15, -0.1) is 0 Å². The fourth-order valence-electron chi connectivity index (χ4n) is 2.61.